The minimum atomic E-state index is 0.653. The SMILES string of the molecule is CC(C)CCc1nc2ccc(-c3cnco3)cc2o1. The second-order valence-corrected chi connectivity index (χ2v) is 5.09. The molecule has 0 atom stereocenters. The van der Waals surface area contributed by atoms with Crippen molar-refractivity contribution in [3.05, 3.63) is 36.7 Å². The number of nitrogens with zero attached hydrogens (tertiary/aromatic N) is 2. The second kappa shape index (κ2) is 4.88. The third-order valence-electron chi connectivity index (χ3n) is 3.09. The van der Waals surface area contributed by atoms with E-state index in [2.05, 4.69) is 23.8 Å². The molecule has 0 aliphatic rings. The first-order valence-electron chi connectivity index (χ1n) is 6.50. The quantitative estimate of drug-likeness (QED) is 0.706. The molecule has 3 rings (SSSR count). The number of fused-ring (bicyclic) bond motifs is 1. The van der Waals surface area contributed by atoms with E-state index in [1.54, 1.807) is 6.20 Å². The van der Waals surface area contributed by atoms with Crippen LogP contribution in [-0.4, -0.2) is 9.97 Å². The number of hydrogen-bond acceptors (Lipinski definition) is 4. The summed E-state index contributed by atoms with van der Waals surface area (Å²) in [7, 11) is 0. The van der Waals surface area contributed by atoms with Crippen LogP contribution in [0.5, 0.6) is 0 Å². The molecular weight excluding hydrogens is 240 g/mol. The molecule has 0 aliphatic carbocycles. The lowest BCUT2D eigenvalue weighted by Gasteiger charge is -1.99. The van der Waals surface area contributed by atoms with Crippen molar-refractivity contribution in [1.29, 1.82) is 0 Å². The zero-order valence-electron chi connectivity index (χ0n) is 11.1. The van der Waals surface area contributed by atoms with Gasteiger partial charge in [-0.1, -0.05) is 13.8 Å². The molecule has 0 saturated heterocycles. The van der Waals surface area contributed by atoms with Crippen LogP contribution in [0.1, 0.15) is 26.2 Å². The Labute approximate surface area is 111 Å². The number of benzene rings is 1. The van der Waals surface area contributed by atoms with Crippen LogP contribution in [0, 0.1) is 5.92 Å². The fourth-order valence-electron chi connectivity index (χ4n) is 2.00. The van der Waals surface area contributed by atoms with Crippen molar-refractivity contribution in [3.63, 3.8) is 0 Å². The number of aromatic nitrogens is 2. The first-order valence-corrected chi connectivity index (χ1v) is 6.50. The van der Waals surface area contributed by atoms with Gasteiger partial charge >= 0.3 is 0 Å². The standard InChI is InChI=1S/C15H16N2O2/c1-10(2)3-6-15-17-12-5-4-11(7-13(12)19-15)14-8-16-9-18-14/h4-5,7-10H,3,6H2,1-2H3. The van der Waals surface area contributed by atoms with Gasteiger partial charge in [-0.2, -0.15) is 0 Å². The van der Waals surface area contributed by atoms with E-state index in [1.165, 1.54) is 6.39 Å². The lowest BCUT2D eigenvalue weighted by atomic mass is 10.1. The van der Waals surface area contributed by atoms with Gasteiger partial charge in [0.2, 0.25) is 0 Å². The molecule has 0 spiro atoms. The van der Waals surface area contributed by atoms with Crippen molar-refractivity contribution in [3.8, 4) is 11.3 Å². The third-order valence-corrected chi connectivity index (χ3v) is 3.09. The van der Waals surface area contributed by atoms with Crippen molar-refractivity contribution >= 4 is 11.1 Å². The summed E-state index contributed by atoms with van der Waals surface area (Å²) in [6.45, 7) is 4.40. The van der Waals surface area contributed by atoms with Gasteiger partial charge in [-0.25, -0.2) is 9.97 Å². The Morgan fingerprint density at radius 1 is 1.26 bits per heavy atom. The largest absolute Gasteiger partial charge is 0.444 e. The summed E-state index contributed by atoms with van der Waals surface area (Å²) in [5, 5.41) is 0. The van der Waals surface area contributed by atoms with E-state index in [1.807, 2.05) is 18.2 Å². The fourth-order valence-corrected chi connectivity index (χ4v) is 2.00. The Hall–Kier alpha value is -2.10. The lowest BCUT2D eigenvalue weighted by Crippen LogP contribution is -1.91. The van der Waals surface area contributed by atoms with Gasteiger partial charge in [0.1, 0.15) is 5.52 Å². The number of oxazole rings is 2. The zero-order valence-corrected chi connectivity index (χ0v) is 11.1. The van der Waals surface area contributed by atoms with Gasteiger partial charge in [0.15, 0.2) is 23.6 Å². The highest BCUT2D eigenvalue weighted by atomic mass is 16.3. The minimum Gasteiger partial charge on any atom is -0.444 e. The predicted molar refractivity (Wildman–Crippen MR) is 72.7 cm³/mol. The summed E-state index contributed by atoms with van der Waals surface area (Å²) in [5.74, 6) is 2.19. The monoisotopic (exact) mass is 256 g/mol. The number of hydrogen-bond donors (Lipinski definition) is 0. The van der Waals surface area contributed by atoms with Gasteiger partial charge in [0.05, 0.1) is 6.20 Å². The Bertz CT molecular complexity index is 669. The highest BCUT2D eigenvalue weighted by Crippen LogP contribution is 2.25. The van der Waals surface area contributed by atoms with Crippen LogP contribution >= 0.6 is 0 Å². The van der Waals surface area contributed by atoms with Gasteiger partial charge in [-0.3, -0.25) is 0 Å². The highest BCUT2D eigenvalue weighted by Gasteiger charge is 2.09. The molecule has 0 bridgehead atoms. The van der Waals surface area contributed by atoms with Crippen molar-refractivity contribution in [2.45, 2.75) is 26.7 Å². The van der Waals surface area contributed by atoms with Crippen LogP contribution in [-0.2, 0) is 6.42 Å². The Morgan fingerprint density at radius 2 is 2.16 bits per heavy atom. The van der Waals surface area contributed by atoms with Crippen molar-refractivity contribution in [1.82, 2.24) is 9.97 Å². The Morgan fingerprint density at radius 3 is 2.89 bits per heavy atom. The van der Waals surface area contributed by atoms with Crippen LogP contribution in [0.3, 0.4) is 0 Å². The van der Waals surface area contributed by atoms with Gasteiger partial charge in [0.25, 0.3) is 0 Å². The van der Waals surface area contributed by atoms with Crippen LogP contribution in [0.2, 0.25) is 0 Å². The average Bonchev–Trinajstić information content (AvgIpc) is 3.04. The predicted octanol–water partition coefficient (Wildman–Crippen LogP) is 4.07. The molecule has 0 N–H and O–H groups in total. The normalized spacial score (nSPS) is 11.5. The fraction of sp³-hybridized carbons (Fsp3) is 0.333. The van der Waals surface area contributed by atoms with Gasteiger partial charge in [-0.05, 0) is 30.5 Å². The van der Waals surface area contributed by atoms with E-state index < -0.39 is 0 Å². The van der Waals surface area contributed by atoms with E-state index in [0.29, 0.717) is 5.92 Å². The van der Waals surface area contributed by atoms with Crippen LogP contribution in [0.25, 0.3) is 22.4 Å². The molecular formula is C15H16N2O2. The maximum atomic E-state index is 5.78. The third kappa shape index (κ3) is 2.52. The minimum absolute atomic E-state index is 0.653. The molecule has 0 fully saturated rings. The summed E-state index contributed by atoms with van der Waals surface area (Å²) >= 11 is 0. The molecule has 0 unspecified atom stereocenters. The maximum absolute atomic E-state index is 5.78. The van der Waals surface area contributed by atoms with E-state index in [0.717, 1.165) is 41.2 Å². The molecule has 98 valence electrons. The molecule has 0 radical (unpaired) electrons. The van der Waals surface area contributed by atoms with Crippen molar-refractivity contribution in [2.75, 3.05) is 0 Å². The highest BCUT2D eigenvalue weighted by molar-refractivity contribution is 5.78. The molecule has 1 aromatic carbocycles. The molecule has 0 saturated carbocycles. The maximum Gasteiger partial charge on any atom is 0.195 e. The van der Waals surface area contributed by atoms with E-state index in [9.17, 15) is 0 Å². The van der Waals surface area contributed by atoms with E-state index >= 15 is 0 Å². The van der Waals surface area contributed by atoms with Crippen LogP contribution in [0.15, 0.2) is 39.6 Å². The van der Waals surface area contributed by atoms with Crippen molar-refractivity contribution in [2.24, 2.45) is 5.92 Å². The first-order chi connectivity index (χ1) is 9.22. The average molecular weight is 256 g/mol. The molecule has 2 heterocycles. The Balaban J connectivity index is 1.91. The van der Waals surface area contributed by atoms with Gasteiger partial charge in [0, 0.05) is 12.0 Å². The number of rotatable bonds is 4. The summed E-state index contributed by atoms with van der Waals surface area (Å²) in [4.78, 5) is 8.41. The van der Waals surface area contributed by atoms with Crippen molar-refractivity contribution < 1.29 is 8.83 Å². The number of aryl methyl sites for hydroxylation is 1. The molecule has 4 nitrogen and oxygen atoms in total. The topological polar surface area (TPSA) is 52.1 Å². The molecule has 0 aliphatic heterocycles. The van der Waals surface area contributed by atoms with Gasteiger partial charge < -0.3 is 8.83 Å². The summed E-state index contributed by atoms with van der Waals surface area (Å²) in [6, 6.07) is 5.87. The van der Waals surface area contributed by atoms with Crippen LogP contribution in [0.4, 0.5) is 0 Å². The zero-order chi connectivity index (χ0) is 13.2. The first kappa shape index (κ1) is 12.0. The lowest BCUT2D eigenvalue weighted by molar-refractivity contribution is 0.484. The molecule has 3 aromatic rings. The van der Waals surface area contributed by atoms with Crippen LogP contribution < -0.4 is 0 Å². The summed E-state index contributed by atoms with van der Waals surface area (Å²) in [5.41, 5.74) is 2.64. The molecule has 19 heavy (non-hydrogen) atoms. The molecule has 2 aromatic heterocycles. The Kier molecular flexibility index (Phi) is 3.07. The van der Waals surface area contributed by atoms with E-state index in [-0.39, 0.29) is 0 Å². The van der Waals surface area contributed by atoms with Gasteiger partial charge in [-0.15, -0.1) is 0 Å². The molecule has 0 amide bonds. The summed E-state index contributed by atoms with van der Waals surface area (Å²) < 4.78 is 11.1. The smallest absolute Gasteiger partial charge is 0.195 e. The second-order valence-electron chi connectivity index (χ2n) is 5.09. The molecule has 4 heteroatoms. The van der Waals surface area contributed by atoms with E-state index in [4.69, 9.17) is 8.83 Å². The summed E-state index contributed by atoms with van der Waals surface area (Å²) in [6.07, 6.45) is 5.08.